The minimum absolute atomic E-state index is 0.116. The molecule has 3 heterocycles. The summed E-state index contributed by atoms with van der Waals surface area (Å²) in [5, 5.41) is 7.44. The van der Waals surface area contributed by atoms with E-state index in [0.29, 0.717) is 35.0 Å². The number of halogens is 3. The summed E-state index contributed by atoms with van der Waals surface area (Å²) in [5.41, 5.74) is 2.10. The maximum Gasteiger partial charge on any atom is 0.406 e. The molecule has 2 N–H and O–H groups in total. The first kappa shape index (κ1) is 33.0. The molecule has 244 valence electrons. The fourth-order valence-corrected chi connectivity index (χ4v) is 6.66. The van der Waals surface area contributed by atoms with Crippen molar-refractivity contribution < 1.29 is 31.1 Å². The molecule has 5 rings (SSSR count). The highest BCUT2D eigenvalue weighted by atomic mass is 32.2. The van der Waals surface area contributed by atoms with Crippen molar-refractivity contribution in [2.45, 2.75) is 68.7 Å². The van der Waals surface area contributed by atoms with Crippen LogP contribution in [-0.4, -0.2) is 81.9 Å². The predicted molar refractivity (Wildman–Crippen MR) is 171 cm³/mol. The van der Waals surface area contributed by atoms with Crippen LogP contribution in [0.5, 0.6) is 5.75 Å². The van der Waals surface area contributed by atoms with E-state index in [1.807, 2.05) is 13.0 Å². The SMILES string of the molecule is CCCOc1cc(S(C)(=O)=O)ccc1NCC#Cc1cc2c(NC3CCN(C4CCOCC4)CC3)cccc2n1CC(F)(F)F. The van der Waals surface area contributed by atoms with Crippen molar-refractivity contribution >= 4 is 32.1 Å². The second-order valence-electron chi connectivity index (χ2n) is 11.7. The molecular weight excluding hydrogens is 605 g/mol. The molecule has 1 aromatic heterocycles. The third-order valence-electron chi connectivity index (χ3n) is 8.31. The van der Waals surface area contributed by atoms with E-state index in [9.17, 15) is 21.6 Å². The second-order valence-corrected chi connectivity index (χ2v) is 13.7. The maximum atomic E-state index is 13.7. The summed E-state index contributed by atoms with van der Waals surface area (Å²) in [5.74, 6) is 6.26. The number of hydrogen-bond acceptors (Lipinski definition) is 7. The quantitative estimate of drug-likeness (QED) is 0.265. The Morgan fingerprint density at radius 2 is 1.80 bits per heavy atom. The number of sulfone groups is 1. The van der Waals surface area contributed by atoms with Gasteiger partial charge in [-0.05, 0) is 68.4 Å². The second kappa shape index (κ2) is 14.4. The molecule has 0 unspecified atom stereocenters. The Morgan fingerprint density at radius 1 is 1.04 bits per heavy atom. The fraction of sp³-hybridized carbons (Fsp3) is 0.515. The van der Waals surface area contributed by atoms with Crippen molar-refractivity contribution in [3.8, 4) is 17.6 Å². The Morgan fingerprint density at radius 3 is 2.49 bits per heavy atom. The van der Waals surface area contributed by atoms with E-state index in [0.717, 1.165) is 70.4 Å². The molecular formula is C33H41F3N4O4S. The third-order valence-corrected chi connectivity index (χ3v) is 9.42. The lowest BCUT2D eigenvalue weighted by Crippen LogP contribution is -2.46. The molecule has 0 spiro atoms. The summed E-state index contributed by atoms with van der Waals surface area (Å²) in [6.07, 6.45) is 1.49. The number of hydrogen-bond donors (Lipinski definition) is 2. The smallest absolute Gasteiger partial charge is 0.406 e. The van der Waals surface area contributed by atoms with Gasteiger partial charge in [-0.25, -0.2) is 8.42 Å². The van der Waals surface area contributed by atoms with Gasteiger partial charge < -0.3 is 29.6 Å². The lowest BCUT2D eigenvalue weighted by Gasteiger charge is -2.39. The summed E-state index contributed by atoms with van der Waals surface area (Å²) in [4.78, 5) is 2.68. The first-order chi connectivity index (χ1) is 21.5. The van der Waals surface area contributed by atoms with Gasteiger partial charge >= 0.3 is 6.18 Å². The average Bonchev–Trinajstić information content (AvgIpc) is 3.35. The van der Waals surface area contributed by atoms with Gasteiger partial charge in [0.2, 0.25) is 0 Å². The van der Waals surface area contributed by atoms with Gasteiger partial charge in [0.25, 0.3) is 0 Å². The molecule has 2 aromatic carbocycles. The average molecular weight is 647 g/mol. The van der Waals surface area contributed by atoms with Gasteiger partial charge in [0.05, 0.1) is 34.9 Å². The Hall–Kier alpha value is -3.40. The molecule has 12 heteroatoms. The lowest BCUT2D eigenvalue weighted by molar-refractivity contribution is -0.140. The van der Waals surface area contributed by atoms with Crippen molar-refractivity contribution in [3.05, 3.63) is 48.2 Å². The molecule has 2 aliphatic rings. The van der Waals surface area contributed by atoms with Gasteiger partial charge in [-0.15, -0.1) is 0 Å². The Balaban J connectivity index is 1.33. The van der Waals surface area contributed by atoms with Crippen LogP contribution in [-0.2, 0) is 21.1 Å². The summed E-state index contributed by atoms with van der Waals surface area (Å²) >= 11 is 0. The largest absolute Gasteiger partial charge is 0.491 e. The number of likely N-dealkylation sites (tertiary alicyclic amines) is 1. The van der Waals surface area contributed by atoms with Crippen molar-refractivity contribution in [3.63, 3.8) is 0 Å². The summed E-state index contributed by atoms with van der Waals surface area (Å²) in [6.45, 7) is 4.90. The monoisotopic (exact) mass is 646 g/mol. The van der Waals surface area contributed by atoms with E-state index in [-0.39, 0.29) is 23.2 Å². The van der Waals surface area contributed by atoms with Crippen LogP contribution < -0.4 is 15.4 Å². The normalized spacial score (nSPS) is 17.2. The molecule has 0 atom stereocenters. The van der Waals surface area contributed by atoms with Gasteiger partial charge in [0, 0.05) is 61.8 Å². The predicted octanol–water partition coefficient (Wildman–Crippen LogP) is 5.91. The number of alkyl halides is 3. The highest BCUT2D eigenvalue weighted by Gasteiger charge is 2.30. The van der Waals surface area contributed by atoms with Crippen LogP contribution in [0.4, 0.5) is 24.5 Å². The topological polar surface area (TPSA) is 84.8 Å². The van der Waals surface area contributed by atoms with Crippen molar-refractivity contribution in [1.82, 2.24) is 9.47 Å². The van der Waals surface area contributed by atoms with Crippen LogP contribution >= 0.6 is 0 Å². The van der Waals surface area contributed by atoms with Crippen molar-refractivity contribution in [2.75, 3.05) is 56.3 Å². The van der Waals surface area contributed by atoms with Gasteiger partial charge in [0.1, 0.15) is 12.3 Å². The number of anilines is 2. The maximum absolute atomic E-state index is 13.7. The highest BCUT2D eigenvalue weighted by molar-refractivity contribution is 7.90. The standard InChI is InChI=1S/C33H41F3N4O4S/c1-3-18-44-32-22-27(45(2,41)42)9-10-30(32)37-15-5-6-26-21-28-29(7-4-8-31(28)40(26)23-33(34,35)36)38-24-11-16-39(17-12-24)25-13-19-43-20-14-25/h4,7-10,21-22,24-25,37-38H,3,11-20,23H2,1-2H3. The van der Waals surface area contributed by atoms with E-state index in [4.69, 9.17) is 9.47 Å². The molecule has 3 aromatic rings. The number of nitrogens with one attached hydrogen (secondary N) is 2. The van der Waals surface area contributed by atoms with E-state index in [1.54, 1.807) is 24.3 Å². The highest BCUT2D eigenvalue weighted by Crippen LogP contribution is 2.32. The number of ether oxygens (including phenoxy) is 2. The molecule has 2 fully saturated rings. The molecule has 0 bridgehead atoms. The van der Waals surface area contributed by atoms with Crippen LogP contribution in [0.1, 0.15) is 44.7 Å². The van der Waals surface area contributed by atoms with E-state index >= 15 is 0 Å². The number of aromatic nitrogens is 1. The summed E-state index contributed by atoms with van der Waals surface area (Å²) in [7, 11) is -3.42. The van der Waals surface area contributed by atoms with Gasteiger partial charge in [-0.2, -0.15) is 13.2 Å². The zero-order valence-corrected chi connectivity index (χ0v) is 26.6. The molecule has 45 heavy (non-hydrogen) atoms. The Bertz CT molecular complexity index is 1630. The fourth-order valence-electron chi connectivity index (χ4n) is 6.03. The summed E-state index contributed by atoms with van der Waals surface area (Å²) in [6, 6.07) is 12.5. The van der Waals surface area contributed by atoms with Crippen LogP contribution in [0.15, 0.2) is 47.4 Å². The van der Waals surface area contributed by atoms with E-state index < -0.39 is 22.6 Å². The number of benzene rings is 2. The number of rotatable bonds is 10. The zero-order chi connectivity index (χ0) is 32.0. The third kappa shape index (κ3) is 8.66. The molecule has 2 saturated heterocycles. The van der Waals surface area contributed by atoms with Gasteiger partial charge in [-0.3, -0.25) is 0 Å². The first-order valence-electron chi connectivity index (χ1n) is 15.5. The van der Waals surface area contributed by atoms with Crippen LogP contribution in [0.2, 0.25) is 0 Å². The number of fused-ring (bicyclic) bond motifs is 1. The number of nitrogens with zero attached hydrogens (tertiary/aromatic N) is 2. The van der Waals surface area contributed by atoms with E-state index in [1.165, 1.54) is 16.7 Å². The van der Waals surface area contributed by atoms with Crippen molar-refractivity contribution in [1.29, 1.82) is 0 Å². The van der Waals surface area contributed by atoms with Crippen LogP contribution in [0.25, 0.3) is 10.9 Å². The molecule has 0 amide bonds. The Labute approximate surface area is 263 Å². The van der Waals surface area contributed by atoms with E-state index in [2.05, 4.69) is 27.4 Å². The van der Waals surface area contributed by atoms with Gasteiger partial charge in [-0.1, -0.05) is 18.9 Å². The number of piperidine rings is 1. The van der Waals surface area contributed by atoms with Crippen LogP contribution in [0.3, 0.4) is 0 Å². The zero-order valence-electron chi connectivity index (χ0n) is 25.8. The van der Waals surface area contributed by atoms with Crippen LogP contribution in [0, 0.1) is 11.8 Å². The Kier molecular flexibility index (Phi) is 10.5. The molecule has 0 saturated carbocycles. The molecule has 8 nitrogen and oxygen atoms in total. The van der Waals surface area contributed by atoms with Crippen molar-refractivity contribution in [2.24, 2.45) is 0 Å². The molecule has 0 radical (unpaired) electrons. The first-order valence-corrected chi connectivity index (χ1v) is 17.4. The summed E-state index contributed by atoms with van der Waals surface area (Å²) < 4.78 is 77.6. The minimum atomic E-state index is -4.42. The molecule has 2 aliphatic heterocycles. The molecule has 0 aliphatic carbocycles. The minimum Gasteiger partial charge on any atom is -0.491 e. The van der Waals surface area contributed by atoms with Gasteiger partial charge in [0.15, 0.2) is 9.84 Å². The lowest BCUT2D eigenvalue weighted by atomic mass is 9.99.